The molecule has 0 fully saturated rings. The van der Waals surface area contributed by atoms with Crippen molar-refractivity contribution in [1.82, 2.24) is 0 Å². The maximum Gasteiger partial charge on any atom is 0.310 e. The molecule has 0 radical (unpaired) electrons. The first-order valence-corrected chi connectivity index (χ1v) is 11.5. The Balaban J connectivity index is 0.000000166. The normalized spacial score (nSPS) is 11.5. The molecule has 1 unspecified atom stereocenters. The van der Waals surface area contributed by atoms with Crippen LogP contribution in [0.2, 0.25) is 0 Å². The molecule has 0 amide bonds. The first-order valence-electron chi connectivity index (χ1n) is 11.5. The summed E-state index contributed by atoms with van der Waals surface area (Å²) in [5, 5.41) is 11.1. The second kappa shape index (κ2) is 11.1. The predicted octanol–water partition coefficient (Wildman–Crippen LogP) is 7.89. The van der Waals surface area contributed by atoms with E-state index in [0.717, 1.165) is 16.3 Å². The molecule has 0 spiro atoms. The van der Waals surface area contributed by atoms with Crippen LogP contribution < -0.4 is 0 Å². The number of hydrogen-bond donors (Lipinski definition) is 1. The molecule has 0 aliphatic rings. The van der Waals surface area contributed by atoms with Crippen LogP contribution in [-0.2, 0) is 4.79 Å². The average molecular weight is 445 g/mol. The lowest BCUT2D eigenvalue weighted by molar-refractivity contribution is -0.138. The molecule has 2 nitrogen and oxygen atoms in total. The lowest BCUT2D eigenvalue weighted by Crippen LogP contribution is -2.06. The van der Waals surface area contributed by atoms with Crippen molar-refractivity contribution in [3.05, 3.63) is 156 Å². The van der Waals surface area contributed by atoms with E-state index in [0.29, 0.717) is 5.92 Å². The maximum absolute atomic E-state index is 10.8. The van der Waals surface area contributed by atoms with Crippen molar-refractivity contribution in [2.24, 2.45) is 0 Å². The average Bonchev–Trinajstić information content (AvgIpc) is 2.90. The van der Waals surface area contributed by atoms with E-state index in [1.165, 1.54) is 16.7 Å². The first-order chi connectivity index (χ1) is 16.6. The number of carboxylic acids is 1. The lowest BCUT2D eigenvalue weighted by atomic mass is 9.85. The molecule has 5 rings (SSSR count). The summed E-state index contributed by atoms with van der Waals surface area (Å²) in [6, 6.07) is 45.7. The van der Waals surface area contributed by atoms with Crippen LogP contribution in [0.3, 0.4) is 0 Å². The van der Waals surface area contributed by atoms with Crippen LogP contribution in [0.4, 0.5) is 0 Å². The third-order valence-electron chi connectivity index (χ3n) is 6.04. The molecule has 0 bridgehead atoms. The van der Waals surface area contributed by atoms with E-state index in [2.05, 4.69) is 91.0 Å². The maximum atomic E-state index is 10.8. The van der Waals surface area contributed by atoms with Crippen LogP contribution >= 0.6 is 0 Å². The lowest BCUT2D eigenvalue weighted by Gasteiger charge is -2.18. The van der Waals surface area contributed by atoms with Gasteiger partial charge < -0.3 is 5.11 Å². The van der Waals surface area contributed by atoms with Gasteiger partial charge in [0.1, 0.15) is 0 Å². The number of hydrogen-bond acceptors (Lipinski definition) is 1. The number of benzene rings is 5. The van der Waals surface area contributed by atoms with Crippen LogP contribution in [0.25, 0.3) is 10.8 Å². The molecule has 0 aromatic heterocycles. The minimum absolute atomic E-state index is 0.309. The molecular weight excluding hydrogens is 416 g/mol. The van der Waals surface area contributed by atoms with Crippen molar-refractivity contribution in [3.8, 4) is 0 Å². The largest absolute Gasteiger partial charge is 0.481 e. The Bertz CT molecular complexity index is 1240. The van der Waals surface area contributed by atoms with Gasteiger partial charge in [0.15, 0.2) is 0 Å². The fraction of sp³-hybridized carbons (Fsp3) is 0.0938. The molecule has 5 aromatic rings. The molecule has 1 N–H and O–H groups in total. The quantitative estimate of drug-likeness (QED) is 0.280. The summed E-state index contributed by atoms with van der Waals surface area (Å²) < 4.78 is 0. The summed E-state index contributed by atoms with van der Waals surface area (Å²) in [6.07, 6.45) is 0. The van der Waals surface area contributed by atoms with E-state index < -0.39 is 11.9 Å². The van der Waals surface area contributed by atoms with Crippen molar-refractivity contribution in [2.45, 2.75) is 18.8 Å². The smallest absolute Gasteiger partial charge is 0.310 e. The monoisotopic (exact) mass is 444 g/mol. The topological polar surface area (TPSA) is 37.3 Å². The molecule has 2 heteroatoms. The van der Waals surface area contributed by atoms with E-state index in [-0.39, 0.29) is 0 Å². The van der Waals surface area contributed by atoms with Gasteiger partial charge in [0.25, 0.3) is 0 Å². The Morgan fingerprint density at radius 3 is 1.38 bits per heavy atom. The molecule has 0 aliphatic carbocycles. The van der Waals surface area contributed by atoms with Gasteiger partial charge in [-0.2, -0.15) is 0 Å². The molecular formula is C32H28O2. The minimum Gasteiger partial charge on any atom is -0.481 e. The van der Waals surface area contributed by atoms with Crippen molar-refractivity contribution in [3.63, 3.8) is 0 Å². The predicted molar refractivity (Wildman–Crippen MR) is 140 cm³/mol. The first kappa shape index (κ1) is 23.0. The summed E-state index contributed by atoms with van der Waals surface area (Å²) in [7, 11) is 0. The van der Waals surface area contributed by atoms with E-state index in [1.807, 2.05) is 42.5 Å². The number of carboxylic acid groups (broad SMARTS) is 1. The van der Waals surface area contributed by atoms with Gasteiger partial charge in [0.2, 0.25) is 0 Å². The van der Waals surface area contributed by atoms with E-state index in [9.17, 15) is 4.79 Å². The standard InChI is InChI=1S/C19H16.C13H12O2/c1-4-10-16(11-5-1)19(17-12-6-2-7-13-17)18-14-8-3-9-15-18;1-9(13(14)15)11-7-6-10-4-2-3-5-12(10)8-11/h1-15,19H;2-9H,1H3,(H,14,15). The minimum atomic E-state index is -0.787. The van der Waals surface area contributed by atoms with E-state index in [4.69, 9.17) is 5.11 Å². The van der Waals surface area contributed by atoms with Crippen LogP contribution in [0.1, 0.15) is 41.0 Å². The zero-order valence-corrected chi connectivity index (χ0v) is 19.2. The molecule has 5 aromatic carbocycles. The van der Waals surface area contributed by atoms with Gasteiger partial charge >= 0.3 is 5.97 Å². The zero-order valence-electron chi connectivity index (χ0n) is 19.2. The van der Waals surface area contributed by atoms with E-state index >= 15 is 0 Å². The highest BCUT2D eigenvalue weighted by molar-refractivity contribution is 5.85. The van der Waals surface area contributed by atoms with Crippen LogP contribution in [-0.4, -0.2) is 11.1 Å². The zero-order chi connectivity index (χ0) is 23.8. The highest BCUT2D eigenvalue weighted by Gasteiger charge is 2.15. The number of carbonyl (C=O) groups is 1. The van der Waals surface area contributed by atoms with Crippen molar-refractivity contribution >= 4 is 16.7 Å². The summed E-state index contributed by atoms with van der Waals surface area (Å²) in [6.45, 7) is 1.70. The Labute approximate surface area is 201 Å². The fourth-order valence-electron chi connectivity index (χ4n) is 4.13. The van der Waals surface area contributed by atoms with Crippen molar-refractivity contribution in [2.75, 3.05) is 0 Å². The van der Waals surface area contributed by atoms with Gasteiger partial charge in [-0.05, 0) is 39.9 Å². The van der Waals surface area contributed by atoms with Gasteiger partial charge in [0.05, 0.1) is 5.92 Å². The van der Waals surface area contributed by atoms with Gasteiger partial charge in [-0.15, -0.1) is 0 Å². The Kier molecular flexibility index (Phi) is 7.52. The molecule has 34 heavy (non-hydrogen) atoms. The van der Waals surface area contributed by atoms with Gasteiger partial charge in [-0.25, -0.2) is 0 Å². The summed E-state index contributed by atoms with van der Waals surface area (Å²) >= 11 is 0. The van der Waals surface area contributed by atoms with Gasteiger partial charge in [0, 0.05) is 5.92 Å². The third kappa shape index (κ3) is 5.60. The van der Waals surface area contributed by atoms with Gasteiger partial charge in [-0.3, -0.25) is 4.79 Å². The van der Waals surface area contributed by atoms with Crippen LogP contribution in [0.15, 0.2) is 133 Å². The van der Waals surface area contributed by atoms with Crippen LogP contribution in [0, 0.1) is 0 Å². The Morgan fingerprint density at radius 1 is 0.529 bits per heavy atom. The molecule has 0 saturated heterocycles. The summed E-state index contributed by atoms with van der Waals surface area (Å²) in [5.41, 5.74) is 4.85. The SMILES string of the molecule is CC(C(=O)O)c1ccc2ccccc2c1.c1ccc(C(c2ccccc2)c2ccccc2)cc1. The number of rotatable bonds is 5. The highest BCUT2D eigenvalue weighted by Crippen LogP contribution is 2.31. The number of fused-ring (bicyclic) bond motifs is 1. The Morgan fingerprint density at radius 2 is 0.941 bits per heavy atom. The summed E-state index contributed by atoms with van der Waals surface area (Å²) in [5.74, 6) is -0.927. The van der Waals surface area contributed by atoms with Gasteiger partial charge in [-0.1, -0.05) is 133 Å². The molecule has 0 saturated carbocycles. The molecule has 0 heterocycles. The molecule has 0 aliphatic heterocycles. The second-order valence-corrected chi connectivity index (χ2v) is 8.33. The van der Waals surface area contributed by atoms with E-state index in [1.54, 1.807) is 6.92 Å². The summed E-state index contributed by atoms with van der Waals surface area (Å²) in [4.78, 5) is 10.8. The number of aliphatic carboxylic acids is 1. The molecule has 1 atom stereocenters. The highest BCUT2D eigenvalue weighted by atomic mass is 16.4. The molecule has 168 valence electrons. The van der Waals surface area contributed by atoms with Crippen molar-refractivity contribution < 1.29 is 9.90 Å². The third-order valence-corrected chi connectivity index (χ3v) is 6.04. The Hall–Kier alpha value is -4.17. The van der Waals surface area contributed by atoms with Crippen LogP contribution in [0.5, 0.6) is 0 Å². The fourth-order valence-corrected chi connectivity index (χ4v) is 4.13. The second-order valence-electron chi connectivity index (χ2n) is 8.33. The van der Waals surface area contributed by atoms with Crippen molar-refractivity contribution in [1.29, 1.82) is 0 Å².